The molecule has 2 fully saturated rings. The zero-order valence-corrected chi connectivity index (χ0v) is 28.3. The maximum atomic E-state index is 12.6. The molecule has 0 saturated carbocycles. The van der Waals surface area contributed by atoms with Crippen LogP contribution in [0.2, 0.25) is 0 Å². The van der Waals surface area contributed by atoms with E-state index in [2.05, 4.69) is 63.6 Å². The van der Waals surface area contributed by atoms with E-state index in [0.717, 1.165) is 79.5 Å². The first-order valence-corrected chi connectivity index (χ1v) is 17.2. The third-order valence-corrected chi connectivity index (χ3v) is 9.23. The van der Waals surface area contributed by atoms with Crippen LogP contribution in [0.15, 0.2) is 66.7 Å². The highest BCUT2D eigenvalue weighted by atomic mass is 16.6. The summed E-state index contributed by atoms with van der Waals surface area (Å²) in [6.07, 6.45) is 1.43. The quantitative estimate of drug-likeness (QED) is 0.253. The molecule has 1 aromatic heterocycles. The number of likely N-dealkylation sites (tertiary alicyclic amines) is 1. The molecular weight excluding hydrogens is 604 g/mol. The third kappa shape index (κ3) is 7.44. The van der Waals surface area contributed by atoms with Crippen molar-refractivity contribution in [2.24, 2.45) is 5.92 Å². The molecular formula is C38H46N6O4. The second kappa shape index (κ2) is 13.9. The Morgan fingerprint density at radius 3 is 2.52 bits per heavy atom. The predicted octanol–water partition coefficient (Wildman–Crippen LogP) is 5.82. The van der Waals surface area contributed by atoms with Gasteiger partial charge < -0.3 is 34.2 Å². The van der Waals surface area contributed by atoms with E-state index < -0.39 is 5.60 Å². The van der Waals surface area contributed by atoms with Gasteiger partial charge in [0.15, 0.2) is 0 Å². The molecule has 2 saturated heterocycles. The van der Waals surface area contributed by atoms with Crippen LogP contribution in [0.5, 0.6) is 11.8 Å². The summed E-state index contributed by atoms with van der Waals surface area (Å²) in [4.78, 5) is 29.2. The van der Waals surface area contributed by atoms with E-state index in [-0.39, 0.29) is 12.0 Å². The van der Waals surface area contributed by atoms with Gasteiger partial charge in [-0.25, -0.2) is 4.79 Å². The van der Waals surface area contributed by atoms with E-state index in [0.29, 0.717) is 38.9 Å². The first-order valence-electron chi connectivity index (χ1n) is 17.2. The van der Waals surface area contributed by atoms with Gasteiger partial charge in [-0.15, -0.1) is 0 Å². The fourth-order valence-corrected chi connectivity index (χ4v) is 6.80. The number of carbonyl (C=O) groups is 1. The molecule has 10 heteroatoms. The molecule has 0 spiro atoms. The smallest absolute Gasteiger partial charge is 0.410 e. The Bertz CT molecular complexity index is 1740. The van der Waals surface area contributed by atoms with Crippen LogP contribution in [-0.2, 0) is 24.3 Å². The molecule has 0 aliphatic carbocycles. The lowest BCUT2D eigenvalue weighted by atomic mass is 10.0. The predicted molar refractivity (Wildman–Crippen MR) is 188 cm³/mol. The molecule has 252 valence electrons. The standard InChI is InChI=1S/C38H46N6O4/c1-38(2,3)48-37(45)44-17-13-28(23-44)26-47-36-40-33-24-43(18-14-32(33)35(41-36)42-19-15-39-16-20-42)34-22-30(21-29-11-7-8-12-31(29)34)46-25-27-9-5-4-6-10-27/h4-12,21-22,28,39H,13-20,23-26H2,1-3H3/t28-/m1/s1. The summed E-state index contributed by atoms with van der Waals surface area (Å²) in [5.74, 6) is 2.03. The highest BCUT2D eigenvalue weighted by Crippen LogP contribution is 2.37. The van der Waals surface area contributed by atoms with Gasteiger partial charge in [-0.1, -0.05) is 54.6 Å². The number of carbonyl (C=O) groups excluding carboxylic acids is 1. The number of rotatable bonds is 8. The van der Waals surface area contributed by atoms with Crippen molar-refractivity contribution in [3.8, 4) is 11.8 Å². The van der Waals surface area contributed by atoms with Crippen LogP contribution in [0, 0.1) is 5.92 Å². The van der Waals surface area contributed by atoms with Crippen molar-refractivity contribution in [2.75, 3.05) is 62.2 Å². The molecule has 1 atom stereocenters. The minimum Gasteiger partial charge on any atom is -0.489 e. The van der Waals surface area contributed by atoms with Crippen LogP contribution < -0.4 is 24.6 Å². The molecule has 0 radical (unpaired) electrons. The number of benzene rings is 3. The Morgan fingerprint density at radius 2 is 1.71 bits per heavy atom. The van der Waals surface area contributed by atoms with E-state index >= 15 is 0 Å². The summed E-state index contributed by atoms with van der Waals surface area (Å²) in [5, 5.41) is 5.80. The van der Waals surface area contributed by atoms with Gasteiger partial charge in [-0.3, -0.25) is 0 Å². The molecule has 0 bridgehead atoms. The Morgan fingerprint density at radius 1 is 0.917 bits per heavy atom. The lowest BCUT2D eigenvalue weighted by Gasteiger charge is -2.35. The fraction of sp³-hybridized carbons (Fsp3) is 0.447. The first-order chi connectivity index (χ1) is 23.3. The van der Waals surface area contributed by atoms with Crippen LogP contribution in [0.1, 0.15) is 44.0 Å². The van der Waals surface area contributed by atoms with Crippen LogP contribution >= 0.6 is 0 Å². The molecule has 7 rings (SSSR count). The first kappa shape index (κ1) is 32.0. The van der Waals surface area contributed by atoms with Gasteiger partial charge in [0.1, 0.15) is 23.8 Å². The van der Waals surface area contributed by atoms with Gasteiger partial charge in [0.25, 0.3) is 0 Å². The maximum absolute atomic E-state index is 12.6. The minimum atomic E-state index is -0.514. The van der Waals surface area contributed by atoms with E-state index in [4.69, 9.17) is 24.2 Å². The zero-order valence-electron chi connectivity index (χ0n) is 28.3. The molecule has 48 heavy (non-hydrogen) atoms. The highest BCUT2D eigenvalue weighted by Gasteiger charge is 2.31. The number of amides is 1. The Labute approximate surface area is 283 Å². The number of ether oxygens (including phenoxy) is 3. The summed E-state index contributed by atoms with van der Waals surface area (Å²) in [6.45, 7) is 13.0. The van der Waals surface area contributed by atoms with Gasteiger partial charge >= 0.3 is 12.1 Å². The molecule has 1 N–H and O–H groups in total. The van der Waals surface area contributed by atoms with Crippen LogP contribution in [0.4, 0.5) is 16.3 Å². The zero-order chi connectivity index (χ0) is 33.1. The normalized spacial score (nSPS) is 18.1. The lowest BCUT2D eigenvalue weighted by molar-refractivity contribution is 0.0284. The van der Waals surface area contributed by atoms with Crippen LogP contribution in [0.25, 0.3) is 10.8 Å². The molecule has 1 amide bonds. The van der Waals surface area contributed by atoms with Gasteiger partial charge in [-0.05, 0) is 50.6 Å². The summed E-state index contributed by atoms with van der Waals surface area (Å²) in [5.41, 5.74) is 3.97. The number of anilines is 2. The molecule has 4 aromatic rings. The SMILES string of the molecule is CC(C)(C)OC(=O)N1CC[C@@H](COc2nc3c(c(N4CCNCC4)n2)CCN(c2cc(OCc4ccccc4)cc4ccccc24)C3)C1. The number of nitrogens with zero attached hydrogens (tertiary/aromatic N) is 5. The van der Waals surface area contributed by atoms with E-state index in [9.17, 15) is 4.79 Å². The maximum Gasteiger partial charge on any atom is 0.410 e. The van der Waals surface area contributed by atoms with Crippen molar-refractivity contribution in [1.82, 2.24) is 20.2 Å². The average molecular weight is 651 g/mol. The number of hydrogen-bond acceptors (Lipinski definition) is 9. The molecule has 3 aromatic carbocycles. The summed E-state index contributed by atoms with van der Waals surface area (Å²) >= 11 is 0. The Balaban J connectivity index is 1.12. The van der Waals surface area contributed by atoms with Crippen molar-refractivity contribution in [1.29, 1.82) is 0 Å². The van der Waals surface area contributed by atoms with Gasteiger partial charge in [0.05, 0.1) is 18.8 Å². The summed E-state index contributed by atoms with van der Waals surface area (Å²) in [7, 11) is 0. The second-order valence-corrected chi connectivity index (χ2v) is 14.0. The monoisotopic (exact) mass is 650 g/mol. The van der Waals surface area contributed by atoms with E-state index in [1.165, 1.54) is 10.9 Å². The second-order valence-electron chi connectivity index (χ2n) is 14.0. The lowest BCUT2D eigenvalue weighted by Crippen LogP contribution is -2.45. The average Bonchev–Trinajstić information content (AvgIpc) is 3.58. The van der Waals surface area contributed by atoms with Crippen molar-refractivity contribution in [2.45, 2.75) is 52.4 Å². The largest absolute Gasteiger partial charge is 0.489 e. The number of aromatic nitrogens is 2. The van der Waals surface area contributed by atoms with Gasteiger partial charge in [0.2, 0.25) is 0 Å². The van der Waals surface area contributed by atoms with Gasteiger partial charge in [0, 0.05) is 74.4 Å². The molecule has 4 heterocycles. The Hall–Kier alpha value is -4.57. The summed E-state index contributed by atoms with van der Waals surface area (Å²) in [6, 6.07) is 23.5. The van der Waals surface area contributed by atoms with Gasteiger partial charge in [-0.2, -0.15) is 9.97 Å². The fourth-order valence-electron chi connectivity index (χ4n) is 6.80. The number of nitrogens with one attached hydrogen (secondary N) is 1. The number of hydrogen-bond donors (Lipinski definition) is 1. The van der Waals surface area contributed by atoms with Crippen molar-refractivity contribution in [3.05, 3.63) is 83.6 Å². The molecule has 0 unspecified atom stereocenters. The number of piperazine rings is 1. The van der Waals surface area contributed by atoms with E-state index in [1.54, 1.807) is 4.90 Å². The van der Waals surface area contributed by atoms with Crippen LogP contribution in [0.3, 0.4) is 0 Å². The summed E-state index contributed by atoms with van der Waals surface area (Å²) < 4.78 is 18.3. The van der Waals surface area contributed by atoms with E-state index in [1.807, 2.05) is 39.0 Å². The Kier molecular flexibility index (Phi) is 9.26. The molecule has 10 nitrogen and oxygen atoms in total. The van der Waals surface area contributed by atoms with Crippen LogP contribution in [-0.4, -0.2) is 79.0 Å². The highest BCUT2D eigenvalue weighted by molar-refractivity contribution is 5.95. The molecule has 3 aliphatic heterocycles. The van der Waals surface area contributed by atoms with Crippen molar-refractivity contribution >= 4 is 28.4 Å². The van der Waals surface area contributed by atoms with Crippen molar-refractivity contribution < 1.29 is 19.0 Å². The minimum absolute atomic E-state index is 0.196. The van der Waals surface area contributed by atoms with Crippen molar-refractivity contribution in [3.63, 3.8) is 0 Å². The third-order valence-electron chi connectivity index (χ3n) is 9.23. The topological polar surface area (TPSA) is 92.3 Å². The molecule has 3 aliphatic rings. The number of fused-ring (bicyclic) bond motifs is 2.